The van der Waals surface area contributed by atoms with Gasteiger partial charge in [0.2, 0.25) is 0 Å². The lowest BCUT2D eigenvalue weighted by atomic mass is 9.44. The molecule has 15 heterocycles. The van der Waals surface area contributed by atoms with E-state index in [2.05, 4.69) is 0 Å². The maximum absolute atomic E-state index is 14.7. The fourth-order valence-corrected chi connectivity index (χ4v) is 17.9. The number of amides is 8. The van der Waals surface area contributed by atoms with Crippen molar-refractivity contribution in [2.24, 2.45) is 45.3 Å². The van der Waals surface area contributed by atoms with Crippen LogP contribution in [0.5, 0.6) is 0 Å². The van der Waals surface area contributed by atoms with Gasteiger partial charge in [-0.3, -0.25) is 58.0 Å². The Kier molecular flexibility index (Phi) is 6.38. The molecule has 4 aromatic rings. The van der Waals surface area contributed by atoms with Gasteiger partial charge in [-0.2, -0.15) is 0 Å². The molecule has 12 nitrogen and oxygen atoms in total. The molecule has 0 radical (unpaired) electrons. The van der Waals surface area contributed by atoms with E-state index in [4.69, 9.17) is 0 Å². The lowest BCUT2D eigenvalue weighted by Gasteiger charge is -2.63. The summed E-state index contributed by atoms with van der Waals surface area (Å²) < 4.78 is 0. The van der Waals surface area contributed by atoms with Crippen molar-refractivity contribution < 1.29 is 38.4 Å². The first-order chi connectivity index (χ1) is 30.7. The third-order valence-electron chi connectivity index (χ3n) is 18.7. The van der Waals surface area contributed by atoms with Crippen molar-refractivity contribution in [2.75, 3.05) is 26.2 Å². The van der Waals surface area contributed by atoms with Crippen LogP contribution in [0.3, 0.4) is 0 Å². The molecule has 8 amide bonds. The van der Waals surface area contributed by atoms with Gasteiger partial charge in [-0.25, -0.2) is 0 Å². The van der Waals surface area contributed by atoms with E-state index < -0.39 is 68.9 Å². The molecule has 4 aromatic carbocycles. The van der Waals surface area contributed by atoms with E-state index in [9.17, 15) is 38.4 Å². The summed E-state index contributed by atoms with van der Waals surface area (Å²) in [6.07, 6.45) is 10.0. The second kappa shape index (κ2) is 11.2. The van der Waals surface area contributed by atoms with Crippen LogP contribution in [0.4, 0.5) is 0 Å². The van der Waals surface area contributed by atoms with E-state index >= 15 is 0 Å². The molecular weight excluding hydrogens is 809 g/mol. The van der Waals surface area contributed by atoms with Crippen molar-refractivity contribution in [1.29, 1.82) is 0 Å². The van der Waals surface area contributed by atoms with E-state index in [1.165, 1.54) is 19.6 Å². The lowest BCUT2D eigenvalue weighted by Crippen LogP contribution is -2.61. The monoisotopic (exact) mass is 852 g/mol. The van der Waals surface area contributed by atoms with Gasteiger partial charge in [0.25, 0.3) is 47.3 Å². The maximum atomic E-state index is 14.7. The smallest absolute Gasteiger partial charge is 0.261 e. The molecule has 320 valence electrons. The zero-order valence-corrected chi connectivity index (χ0v) is 35.3. The van der Waals surface area contributed by atoms with Crippen molar-refractivity contribution in [1.82, 2.24) is 19.6 Å². The van der Waals surface area contributed by atoms with E-state index in [0.29, 0.717) is 103 Å². The van der Waals surface area contributed by atoms with Crippen LogP contribution < -0.4 is 0 Å². The number of carbonyl (C=O) groups is 8. The molecule has 0 atom stereocenters. The molecule has 15 aliphatic heterocycles. The quantitative estimate of drug-likeness (QED) is 0.168. The Hall–Kier alpha value is -6.04. The summed E-state index contributed by atoms with van der Waals surface area (Å²) in [5, 5.41) is 1.47. The Morgan fingerprint density at radius 1 is 0.297 bits per heavy atom. The molecule has 0 unspecified atom stereocenters. The highest BCUT2D eigenvalue weighted by atomic mass is 16.2. The van der Waals surface area contributed by atoms with Gasteiger partial charge in [-0.1, -0.05) is 0 Å². The first kappa shape index (κ1) is 36.3. The maximum Gasteiger partial charge on any atom is 0.261 e. The number of carbonyl (C=O) groups excluding carboxylic acids is 8. The minimum absolute atomic E-state index is 0.204. The number of hydrogen-bond donors (Lipinski definition) is 0. The van der Waals surface area contributed by atoms with E-state index in [1.54, 1.807) is 48.5 Å². The summed E-state index contributed by atoms with van der Waals surface area (Å²) in [4.78, 5) is 123. The van der Waals surface area contributed by atoms with Crippen LogP contribution >= 0.6 is 0 Å². The molecule has 24 bridgehead atoms. The molecular formula is C52H44N4O8. The fourth-order valence-electron chi connectivity index (χ4n) is 17.9. The number of rotatable bonds is 0. The van der Waals surface area contributed by atoms with Crippen LogP contribution in [0.15, 0.2) is 48.5 Å². The van der Waals surface area contributed by atoms with Gasteiger partial charge in [0.15, 0.2) is 0 Å². The standard InChI is InChI=1S/C52H44N4O8/c57-41-29-1-2-30-38-32-4-3-31(37(29)38)43(59)53(41)21-49-11-25-9-26(12-49)16-51(15-25,19-49)23-55-45(61)33-5-7-35-40-36(8-6-34(39(33)40)46(55)62)48(64)56(47(35)63)24-52-17-27-10-28(18-52)14-50(13-27,20-52)22-54(42(30)58)44(32)60/h1-8,25-28H,9-24H2. The first-order valence-corrected chi connectivity index (χ1v) is 23.4. The van der Waals surface area contributed by atoms with Crippen LogP contribution in [-0.4, -0.2) is 93.0 Å². The van der Waals surface area contributed by atoms with Crippen LogP contribution in [0.1, 0.15) is 160 Å². The first-order valence-electron chi connectivity index (χ1n) is 23.4. The van der Waals surface area contributed by atoms with Gasteiger partial charge in [-0.05, 0) is 171 Å². The normalized spacial score (nSPS) is 36.1. The van der Waals surface area contributed by atoms with E-state index in [0.717, 1.165) is 64.2 Å². The number of imide groups is 4. The van der Waals surface area contributed by atoms with Crippen LogP contribution in [0.25, 0.3) is 21.5 Å². The van der Waals surface area contributed by atoms with Crippen LogP contribution in [0.2, 0.25) is 0 Å². The average molecular weight is 853 g/mol. The Bertz CT molecular complexity index is 2560. The highest BCUT2D eigenvalue weighted by molar-refractivity contribution is 6.34. The van der Waals surface area contributed by atoms with Crippen molar-refractivity contribution in [3.8, 4) is 0 Å². The molecule has 0 N–H and O–H groups in total. The lowest BCUT2D eigenvalue weighted by molar-refractivity contribution is -0.120. The van der Waals surface area contributed by atoms with Crippen LogP contribution in [0, 0.1) is 45.3 Å². The topological polar surface area (TPSA) is 150 Å². The summed E-state index contributed by atoms with van der Waals surface area (Å²) >= 11 is 0. The largest absolute Gasteiger partial charge is 0.274 e. The Balaban J connectivity index is 0.900. The second-order valence-electron chi connectivity index (χ2n) is 22.9. The average Bonchev–Trinajstić information content (AvgIpc) is 3.25. The van der Waals surface area contributed by atoms with Crippen molar-refractivity contribution in [3.05, 3.63) is 93.0 Å². The Morgan fingerprint density at radius 3 is 0.641 bits per heavy atom. The highest BCUT2D eigenvalue weighted by Crippen LogP contribution is 2.67. The summed E-state index contributed by atoms with van der Waals surface area (Å²) in [5.41, 5.74) is 0.820. The van der Waals surface area contributed by atoms with Gasteiger partial charge in [-0.15, -0.1) is 0 Å². The Morgan fingerprint density at radius 2 is 0.469 bits per heavy atom. The zero-order valence-electron chi connectivity index (χ0n) is 35.3. The summed E-state index contributed by atoms with van der Waals surface area (Å²) in [6.45, 7) is 0.816. The number of hydrogen-bond acceptors (Lipinski definition) is 8. The predicted octanol–water partition coefficient (Wildman–Crippen LogP) is 7.26. The minimum Gasteiger partial charge on any atom is -0.274 e. The fraction of sp³-hybridized carbons (Fsp3) is 0.462. The predicted molar refractivity (Wildman–Crippen MR) is 228 cm³/mol. The molecule has 23 aliphatic rings. The SMILES string of the molecule is O=C1c2ccc3c4c5ccc(c24)C(=O)N1CC12CC4CC(C1)CC(C4)(CN1C(=O)c4ccc6c7c(ccc(c47)C1=O)C(=O)N(CC14CC7CC(CC(C7)(CN(C3=O)C5=O)C1)C4)C6=O)C2. The highest BCUT2D eigenvalue weighted by Gasteiger charge is 2.62. The summed E-state index contributed by atoms with van der Waals surface area (Å²) in [7, 11) is 0. The van der Waals surface area contributed by atoms with E-state index in [1.807, 2.05) is 0 Å². The van der Waals surface area contributed by atoms with E-state index in [-0.39, 0.29) is 26.2 Å². The van der Waals surface area contributed by atoms with Gasteiger partial charge in [0.05, 0.1) is 0 Å². The molecule has 12 heteroatoms. The molecule has 8 aliphatic carbocycles. The van der Waals surface area contributed by atoms with Crippen molar-refractivity contribution in [2.45, 2.75) is 77.0 Å². The molecule has 8 fully saturated rings. The molecule has 64 heavy (non-hydrogen) atoms. The molecule has 0 aromatic heterocycles. The molecule has 8 saturated carbocycles. The third kappa shape index (κ3) is 4.31. The van der Waals surface area contributed by atoms with Gasteiger partial charge >= 0.3 is 0 Å². The van der Waals surface area contributed by atoms with Gasteiger partial charge in [0, 0.05) is 92.2 Å². The minimum atomic E-state index is -0.425. The molecule has 0 saturated heterocycles. The van der Waals surface area contributed by atoms with Crippen molar-refractivity contribution in [3.63, 3.8) is 0 Å². The number of benzene rings is 4. The van der Waals surface area contributed by atoms with Gasteiger partial charge in [0.1, 0.15) is 0 Å². The zero-order chi connectivity index (χ0) is 43.1. The van der Waals surface area contributed by atoms with Crippen molar-refractivity contribution >= 4 is 68.8 Å². The molecule has 4 spiro atoms. The third-order valence-corrected chi connectivity index (χ3v) is 18.7. The molecule has 27 rings (SSSR count). The van der Waals surface area contributed by atoms with Crippen LogP contribution in [-0.2, 0) is 0 Å². The van der Waals surface area contributed by atoms with Gasteiger partial charge < -0.3 is 0 Å². The summed E-state index contributed by atoms with van der Waals surface area (Å²) in [6, 6.07) is 13.3. The number of nitrogens with zero attached hydrogens (tertiary/aromatic N) is 4. The second-order valence-corrected chi connectivity index (χ2v) is 22.9. The Labute approximate surface area is 367 Å². The summed E-state index contributed by atoms with van der Waals surface area (Å²) in [5.74, 6) is -2.18.